The van der Waals surface area contributed by atoms with E-state index in [1.807, 2.05) is 31.2 Å². The third kappa shape index (κ3) is 2.44. The summed E-state index contributed by atoms with van der Waals surface area (Å²) in [7, 11) is 1.26. The molecule has 0 fully saturated rings. The molecule has 0 unspecified atom stereocenters. The maximum atomic E-state index is 11.0. The quantitative estimate of drug-likeness (QED) is 0.745. The van der Waals surface area contributed by atoms with Crippen molar-refractivity contribution in [3.05, 3.63) is 42.1 Å². The van der Waals surface area contributed by atoms with Crippen molar-refractivity contribution in [3.63, 3.8) is 0 Å². The normalized spacial score (nSPS) is 10.0. The monoisotopic (exact) mass is 232 g/mol. The number of aromatic nitrogens is 2. The SMILES string of the molecule is COC(=O)Oc1ccnn1-c1ccc(C)cc1. The third-order valence-electron chi connectivity index (χ3n) is 2.24. The van der Waals surface area contributed by atoms with Crippen molar-refractivity contribution in [3.8, 4) is 11.6 Å². The number of benzene rings is 1. The van der Waals surface area contributed by atoms with Crippen LogP contribution < -0.4 is 4.74 Å². The number of rotatable bonds is 2. The van der Waals surface area contributed by atoms with Gasteiger partial charge in [-0.2, -0.15) is 5.10 Å². The number of aryl methyl sites for hydroxylation is 1. The van der Waals surface area contributed by atoms with E-state index in [1.165, 1.54) is 11.8 Å². The standard InChI is InChI=1S/C12H12N2O3/c1-9-3-5-10(6-4-9)14-11(7-8-13-14)17-12(15)16-2/h3-8H,1-2H3. The molecule has 0 aliphatic heterocycles. The fraction of sp³-hybridized carbons (Fsp3) is 0.167. The highest BCUT2D eigenvalue weighted by molar-refractivity contribution is 5.63. The maximum absolute atomic E-state index is 11.0. The van der Waals surface area contributed by atoms with Crippen molar-refractivity contribution in [1.82, 2.24) is 9.78 Å². The van der Waals surface area contributed by atoms with Crippen LogP contribution in [0.5, 0.6) is 5.88 Å². The highest BCUT2D eigenvalue weighted by atomic mass is 16.7. The van der Waals surface area contributed by atoms with Gasteiger partial charge in [-0.15, -0.1) is 0 Å². The molecule has 0 aliphatic rings. The first-order valence-corrected chi connectivity index (χ1v) is 5.07. The lowest BCUT2D eigenvalue weighted by atomic mass is 10.2. The summed E-state index contributed by atoms with van der Waals surface area (Å²) < 4.78 is 10.9. The Labute approximate surface area is 98.6 Å². The molecule has 5 heteroatoms. The molecule has 0 atom stereocenters. The molecule has 17 heavy (non-hydrogen) atoms. The van der Waals surface area contributed by atoms with Gasteiger partial charge in [-0.05, 0) is 19.1 Å². The first-order valence-electron chi connectivity index (χ1n) is 5.07. The number of hydrogen-bond acceptors (Lipinski definition) is 4. The van der Waals surface area contributed by atoms with E-state index in [-0.39, 0.29) is 0 Å². The summed E-state index contributed by atoms with van der Waals surface area (Å²) in [4.78, 5) is 11.0. The molecular weight excluding hydrogens is 220 g/mol. The smallest absolute Gasteiger partial charge is 0.437 e. The minimum atomic E-state index is -0.765. The Morgan fingerprint density at radius 3 is 2.59 bits per heavy atom. The summed E-state index contributed by atoms with van der Waals surface area (Å²) >= 11 is 0. The van der Waals surface area contributed by atoms with Gasteiger partial charge in [0.15, 0.2) is 0 Å². The van der Waals surface area contributed by atoms with Gasteiger partial charge < -0.3 is 9.47 Å². The van der Waals surface area contributed by atoms with Crippen LogP contribution in [0.4, 0.5) is 4.79 Å². The zero-order valence-corrected chi connectivity index (χ0v) is 9.58. The summed E-state index contributed by atoms with van der Waals surface area (Å²) in [6.07, 6.45) is 0.789. The second kappa shape index (κ2) is 4.69. The first-order chi connectivity index (χ1) is 8.20. The van der Waals surface area contributed by atoms with Gasteiger partial charge >= 0.3 is 6.16 Å². The van der Waals surface area contributed by atoms with Gasteiger partial charge in [0.05, 0.1) is 19.0 Å². The molecule has 0 bridgehead atoms. The second-order valence-electron chi connectivity index (χ2n) is 3.47. The van der Waals surface area contributed by atoms with E-state index in [9.17, 15) is 4.79 Å². The van der Waals surface area contributed by atoms with Gasteiger partial charge in [-0.1, -0.05) is 17.7 Å². The van der Waals surface area contributed by atoms with Gasteiger partial charge in [0.1, 0.15) is 0 Å². The predicted octanol–water partition coefficient (Wildman–Crippen LogP) is 2.33. The zero-order valence-electron chi connectivity index (χ0n) is 9.58. The maximum Gasteiger partial charge on any atom is 0.514 e. The summed E-state index contributed by atoms with van der Waals surface area (Å²) in [5, 5.41) is 4.09. The average Bonchev–Trinajstić information content (AvgIpc) is 2.78. The Bertz CT molecular complexity index is 517. The van der Waals surface area contributed by atoms with E-state index in [0.29, 0.717) is 5.88 Å². The van der Waals surface area contributed by atoms with Gasteiger partial charge in [0, 0.05) is 6.07 Å². The van der Waals surface area contributed by atoms with E-state index in [2.05, 4.69) is 9.84 Å². The van der Waals surface area contributed by atoms with Crippen LogP contribution in [0.1, 0.15) is 5.56 Å². The molecule has 0 saturated heterocycles. The molecular formula is C12H12N2O3. The average molecular weight is 232 g/mol. The van der Waals surface area contributed by atoms with Crippen molar-refractivity contribution in [2.75, 3.05) is 7.11 Å². The lowest BCUT2D eigenvalue weighted by Gasteiger charge is -2.06. The molecule has 1 aromatic carbocycles. The molecule has 0 saturated carbocycles. The van der Waals surface area contributed by atoms with E-state index in [0.717, 1.165) is 11.3 Å². The Morgan fingerprint density at radius 1 is 1.24 bits per heavy atom. The molecule has 0 N–H and O–H groups in total. The number of methoxy groups -OCH3 is 1. The number of ether oxygens (including phenoxy) is 2. The number of nitrogens with zero attached hydrogens (tertiary/aromatic N) is 2. The molecule has 1 heterocycles. The van der Waals surface area contributed by atoms with Gasteiger partial charge in [-0.3, -0.25) is 0 Å². The molecule has 1 aromatic heterocycles. The fourth-order valence-electron chi connectivity index (χ4n) is 1.38. The number of carbonyl (C=O) groups excluding carboxylic acids is 1. The van der Waals surface area contributed by atoms with Crippen LogP contribution in [-0.2, 0) is 4.74 Å². The van der Waals surface area contributed by atoms with Crippen molar-refractivity contribution in [2.45, 2.75) is 6.92 Å². The summed E-state index contributed by atoms with van der Waals surface area (Å²) in [6.45, 7) is 2.00. The minimum absolute atomic E-state index is 0.320. The van der Waals surface area contributed by atoms with Crippen LogP contribution in [0.3, 0.4) is 0 Å². The molecule has 5 nitrogen and oxygen atoms in total. The van der Waals surface area contributed by atoms with Gasteiger partial charge in [0.2, 0.25) is 5.88 Å². The van der Waals surface area contributed by atoms with Crippen molar-refractivity contribution >= 4 is 6.16 Å². The number of carbonyl (C=O) groups is 1. The topological polar surface area (TPSA) is 53.4 Å². The van der Waals surface area contributed by atoms with Crippen LogP contribution in [0, 0.1) is 6.92 Å². The highest BCUT2D eigenvalue weighted by Gasteiger charge is 2.10. The molecule has 0 aliphatic carbocycles. The molecule has 2 aromatic rings. The third-order valence-corrected chi connectivity index (χ3v) is 2.24. The van der Waals surface area contributed by atoms with Crippen molar-refractivity contribution < 1.29 is 14.3 Å². The summed E-state index contributed by atoms with van der Waals surface area (Å²) in [6, 6.07) is 9.30. The molecule has 0 spiro atoms. The molecule has 0 radical (unpaired) electrons. The van der Waals surface area contributed by atoms with Crippen LogP contribution in [0.25, 0.3) is 5.69 Å². The number of hydrogen-bond donors (Lipinski definition) is 0. The lowest BCUT2D eigenvalue weighted by Crippen LogP contribution is -2.10. The van der Waals surface area contributed by atoms with Gasteiger partial charge in [-0.25, -0.2) is 9.48 Å². The van der Waals surface area contributed by atoms with Crippen molar-refractivity contribution in [1.29, 1.82) is 0 Å². The summed E-state index contributed by atoms with van der Waals surface area (Å²) in [5.41, 5.74) is 1.97. The molecule has 0 amide bonds. The van der Waals surface area contributed by atoms with Crippen LogP contribution in [0.15, 0.2) is 36.5 Å². The van der Waals surface area contributed by atoms with Crippen LogP contribution >= 0.6 is 0 Å². The van der Waals surface area contributed by atoms with Gasteiger partial charge in [0.25, 0.3) is 0 Å². The first kappa shape index (κ1) is 11.2. The molecule has 88 valence electrons. The van der Waals surface area contributed by atoms with E-state index in [1.54, 1.807) is 12.3 Å². The largest absolute Gasteiger partial charge is 0.514 e. The fourth-order valence-corrected chi connectivity index (χ4v) is 1.38. The Balaban J connectivity index is 2.30. The Hall–Kier alpha value is -2.30. The van der Waals surface area contributed by atoms with E-state index in [4.69, 9.17) is 4.74 Å². The minimum Gasteiger partial charge on any atom is -0.437 e. The predicted molar refractivity (Wildman–Crippen MR) is 61.3 cm³/mol. The Morgan fingerprint density at radius 2 is 1.94 bits per heavy atom. The van der Waals surface area contributed by atoms with Crippen LogP contribution in [-0.4, -0.2) is 23.0 Å². The van der Waals surface area contributed by atoms with E-state index >= 15 is 0 Å². The van der Waals surface area contributed by atoms with E-state index < -0.39 is 6.16 Å². The lowest BCUT2D eigenvalue weighted by molar-refractivity contribution is 0.118. The van der Waals surface area contributed by atoms with Crippen LogP contribution in [0.2, 0.25) is 0 Å². The second-order valence-corrected chi connectivity index (χ2v) is 3.47. The highest BCUT2D eigenvalue weighted by Crippen LogP contribution is 2.17. The summed E-state index contributed by atoms with van der Waals surface area (Å²) in [5.74, 6) is 0.320. The Kier molecular flexibility index (Phi) is 3.09. The molecule has 2 rings (SSSR count). The van der Waals surface area contributed by atoms with Crippen molar-refractivity contribution in [2.24, 2.45) is 0 Å². The zero-order chi connectivity index (χ0) is 12.3.